The van der Waals surface area contributed by atoms with Gasteiger partial charge < -0.3 is 19.9 Å². The number of aromatic nitrogens is 2. The molecule has 1 aromatic rings. The molecule has 1 atom stereocenters. The number of ether oxygens (including phenoxy) is 1. The fourth-order valence-electron chi connectivity index (χ4n) is 4.27. The number of morpholine rings is 1. The number of hydrogen-bond acceptors (Lipinski definition) is 4. The van der Waals surface area contributed by atoms with Crippen LogP contribution in [0.2, 0.25) is 0 Å². The van der Waals surface area contributed by atoms with Crippen molar-refractivity contribution in [2.24, 2.45) is 17.5 Å². The van der Waals surface area contributed by atoms with Crippen LogP contribution in [0.3, 0.4) is 0 Å². The van der Waals surface area contributed by atoms with Crippen molar-refractivity contribution in [1.29, 1.82) is 0 Å². The van der Waals surface area contributed by atoms with E-state index in [9.17, 15) is 4.79 Å². The molecule has 3 rings (SSSR count). The molecule has 156 valence electrons. The summed E-state index contributed by atoms with van der Waals surface area (Å²) in [6.07, 6.45) is 7.90. The first-order valence-corrected chi connectivity index (χ1v) is 10.3. The maximum absolute atomic E-state index is 12.8. The van der Waals surface area contributed by atoms with E-state index in [2.05, 4.69) is 22.2 Å². The molecule has 2 aliphatic rings. The maximum atomic E-state index is 12.8. The van der Waals surface area contributed by atoms with E-state index in [0.29, 0.717) is 13.2 Å². The van der Waals surface area contributed by atoms with Crippen molar-refractivity contribution in [3.8, 4) is 0 Å². The van der Waals surface area contributed by atoms with Crippen molar-refractivity contribution in [1.82, 2.24) is 24.9 Å². The van der Waals surface area contributed by atoms with Gasteiger partial charge in [-0.2, -0.15) is 5.10 Å². The van der Waals surface area contributed by atoms with Gasteiger partial charge in [-0.25, -0.2) is 0 Å². The summed E-state index contributed by atoms with van der Waals surface area (Å²) in [5, 5.41) is 7.68. The van der Waals surface area contributed by atoms with Gasteiger partial charge in [0.15, 0.2) is 5.96 Å². The van der Waals surface area contributed by atoms with Crippen LogP contribution in [0.4, 0.5) is 0 Å². The number of aryl methyl sites for hydroxylation is 1. The second-order valence-corrected chi connectivity index (χ2v) is 8.11. The Kier molecular flexibility index (Phi) is 6.59. The zero-order valence-electron chi connectivity index (χ0n) is 17.6. The molecule has 0 radical (unpaired) electrons. The summed E-state index contributed by atoms with van der Waals surface area (Å²) >= 11 is 0. The van der Waals surface area contributed by atoms with Crippen molar-refractivity contribution in [2.45, 2.75) is 38.7 Å². The molecule has 1 aliphatic heterocycles. The minimum absolute atomic E-state index is 0.0184. The molecule has 1 amide bonds. The molecule has 1 aromatic heterocycles. The number of guanidine groups is 1. The monoisotopic (exact) mass is 390 g/mol. The second kappa shape index (κ2) is 8.94. The fraction of sp³-hybridized carbons (Fsp3) is 0.750. The van der Waals surface area contributed by atoms with Crippen LogP contribution in [0.15, 0.2) is 17.4 Å². The number of nitrogens with zero attached hydrogens (tertiary/aromatic N) is 5. The van der Waals surface area contributed by atoms with Gasteiger partial charge in [0.05, 0.1) is 31.3 Å². The van der Waals surface area contributed by atoms with Crippen LogP contribution in [-0.2, 0) is 16.6 Å². The van der Waals surface area contributed by atoms with Crippen molar-refractivity contribution in [2.75, 3.05) is 46.9 Å². The predicted octanol–water partition coefficient (Wildman–Crippen LogP) is 1.41. The van der Waals surface area contributed by atoms with Crippen LogP contribution in [0.5, 0.6) is 0 Å². The Balaban J connectivity index is 1.75. The van der Waals surface area contributed by atoms with E-state index in [4.69, 9.17) is 9.73 Å². The van der Waals surface area contributed by atoms with Gasteiger partial charge in [0, 0.05) is 46.0 Å². The molecule has 8 nitrogen and oxygen atoms in total. The van der Waals surface area contributed by atoms with E-state index in [0.717, 1.165) is 56.8 Å². The number of aliphatic imine (C=N–C) groups is 1. The quantitative estimate of drug-likeness (QED) is 0.608. The van der Waals surface area contributed by atoms with Crippen LogP contribution in [0.1, 0.15) is 44.3 Å². The lowest BCUT2D eigenvalue weighted by molar-refractivity contribution is -0.138. The van der Waals surface area contributed by atoms with Gasteiger partial charge in [-0.15, -0.1) is 0 Å². The standard InChI is InChI=1S/C20H34N6O2/c1-5-21-19(22-15-20(8-6-7-9-20)18(27)24(2)3)26-10-11-28-17(14-26)16-12-23-25(4)13-16/h12-13,17H,5-11,14-15H2,1-4H3,(H,21,22). The van der Waals surface area contributed by atoms with Crippen molar-refractivity contribution in [3.63, 3.8) is 0 Å². The highest BCUT2D eigenvalue weighted by molar-refractivity contribution is 5.84. The van der Waals surface area contributed by atoms with Crippen LogP contribution in [-0.4, -0.2) is 78.3 Å². The molecule has 1 unspecified atom stereocenters. The Labute approximate surface area is 167 Å². The number of hydrogen-bond donors (Lipinski definition) is 1. The van der Waals surface area contributed by atoms with E-state index < -0.39 is 0 Å². The molecule has 1 N–H and O–H groups in total. The molecule has 28 heavy (non-hydrogen) atoms. The van der Waals surface area contributed by atoms with Gasteiger partial charge in [0.2, 0.25) is 5.91 Å². The highest BCUT2D eigenvalue weighted by atomic mass is 16.5. The van der Waals surface area contributed by atoms with Crippen molar-refractivity contribution < 1.29 is 9.53 Å². The Morgan fingerprint density at radius 3 is 2.79 bits per heavy atom. The van der Waals surface area contributed by atoms with Crippen LogP contribution in [0, 0.1) is 5.41 Å². The lowest BCUT2D eigenvalue weighted by atomic mass is 9.85. The van der Waals surface area contributed by atoms with Crippen LogP contribution < -0.4 is 5.32 Å². The molecule has 0 bridgehead atoms. The van der Waals surface area contributed by atoms with Gasteiger partial charge in [0.25, 0.3) is 0 Å². The Morgan fingerprint density at radius 1 is 1.43 bits per heavy atom. The predicted molar refractivity (Wildman–Crippen MR) is 109 cm³/mol. The largest absolute Gasteiger partial charge is 0.370 e. The fourth-order valence-corrected chi connectivity index (χ4v) is 4.27. The average Bonchev–Trinajstić information content (AvgIpc) is 3.34. The topological polar surface area (TPSA) is 75.0 Å². The average molecular weight is 391 g/mol. The third kappa shape index (κ3) is 4.48. The molecule has 2 heterocycles. The zero-order chi connectivity index (χ0) is 20.1. The highest BCUT2D eigenvalue weighted by Crippen LogP contribution is 2.39. The van der Waals surface area contributed by atoms with Crippen LogP contribution in [0.25, 0.3) is 0 Å². The first kappa shape index (κ1) is 20.6. The van der Waals surface area contributed by atoms with E-state index in [1.165, 1.54) is 0 Å². The normalized spacial score (nSPS) is 22.4. The van der Waals surface area contributed by atoms with E-state index >= 15 is 0 Å². The maximum Gasteiger partial charge on any atom is 0.230 e. The summed E-state index contributed by atoms with van der Waals surface area (Å²) < 4.78 is 7.76. The van der Waals surface area contributed by atoms with E-state index in [1.54, 1.807) is 9.58 Å². The number of carbonyl (C=O) groups is 1. The van der Waals surface area contributed by atoms with Gasteiger partial charge in [-0.1, -0.05) is 12.8 Å². The molecule has 0 spiro atoms. The summed E-state index contributed by atoms with van der Waals surface area (Å²) in [6.45, 7) is 5.57. The molecule has 1 saturated carbocycles. The molecular formula is C20H34N6O2. The van der Waals surface area contributed by atoms with E-state index in [-0.39, 0.29) is 17.4 Å². The van der Waals surface area contributed by atoms with Crippen LogP contribution >= 0.6 is 0 Å². The summed E-state index contributed by atoms with van der Waals surface area (Å²) in [4.78, 5) is 21.7. The second-order valence-electron chi connectivity index (χ2n) is 8.11. The summed E-state index contributed by atoms with van der Waals surface area (Å²) in [7, 11) is 5.61. The molecule has 0 aromatic carbocycles. The van der Waals surface area contributed by atoms with Gasteiger partial charge in [0.1, 0.15) is 6.10 Å². The third-order valence-corrected chi connectivity index (χ3v) is 5.75. The van der Waals surface area contributed by atoms with E-state index in [1.807, 2.05) is 33.5 Å². The van der Waals surface area contributed by atoms with Gasteiger partial charge in [-0.3, -0.25) is 14.5 Å². The Morgan fingerprint density at radius 2 is 2.18 bits per heavy atom. The smallest absolute Gasteiger partial charge is 0.230 e. The Hall–Kier alpha value is -2.09. The third-order valence-electron chi connectivity index (χ3n) is 5.75. The molecule has 8 heteroatoms. The van der Waals surface area contributed by atoms with Gasteiger partial charge >= 0.3 is 0 Å². The Bertz CT molecular complexity index is 693. The van der Waals surface area contributed by atoms with Gasteiger partial charge in [-0.05, 0) is 19.8 Å². The first-order valence-electron chi connectivity index (χ1n) is 10.3. The molecule has 1 saturated heterocycles. The lowest BCUT2D eigenvalue weighted by Crippen LogP contribution is -2.49. The minimum Gasteiger partial charge on any atom is -0.370 e. The number of carbonyl (C=O) groups excluding carboxylic acids is 1. The summed E-state index contributed by atoms with van der Waals surface area (Å²) in [6, 6.07) is 0. The highest BCUT2D eigenvalue weighted by Gasteiger charge is 2.42. The van der Waals surface area contributed by atoms with Crippen molar-refractivity contribution >= 4 is 11.9 Å². The molecule has 2 fully saturated rings. The molecular weight excluding hydrogens is 356 g/mol. The molecule has 1 aliphatic carbocycles. The summed E-state index contributed by atoms with van der Waals surface area (Å²) in [5.74, 6) is 1.08. The summed E-state index contributed by atoms with van der Waals surface area (Å²) in [5.41, 5.74) is 0.734. The number of nitrogens with one attached hydrogen (secondary N) is 1. The SMILES string of the molecule is CCNC(=NCC1(C(=O)N(C)C)CCCC1)N1CCOC(c2cnn(C)c2)C1. The zero-order valence-corrected chi connectivity index (χ0v) is 17.6. The number of rotatable bonds is 5. The lowest BCUT2D eigenvalue weighted by Gasteiger charge is -2.35. The van der Waals surface area contributed by atoms with Crippen molar-refractivity contribution in [3.05, 3.63) is 18.0 Å². The minimum atomic E-state index is -0.348. The number of amides is 1. The first-order chi connectivity index (χ1) is 13.4.